The molecule has 0 saturated carbocycles. The minimum Gasteiger partial charge on any atom is -0.377 e. The SMILES string of the molecule is C1CO1.CCCC(OC(CCC)c1ccc2ccccc2c1)c1ccc2ccccc2c1. The molecule has 2 heteroatoms. The minimum absolute atomic E-state index is 0.118. The molecule has 0 amide bonds. The van der Waals surface area contributed by atoms with Gasteiger partial charge in [0.1, 0.15) is 0 Å². The predicted octanol–water partition coefficient (Wildman–Crippen LogP) is 8.41. The fourth-order valence-corrected chi connectivity index (χ4v) is 4.17. The van der Waals surface area contributed by atoms with Crippen molar-refractivity contribution in [1.29, 1.82) is 0 Å². The second-order valence-electron chi connectivity index (χ2n) is 8.52. The summed E-state index contributed by atoms with van der Waals surface area (Å²) < 4.78 is 11.3. The van der Waals surface area contributed by atoms with E-state index in [4.69, 9.17) is 4.74 Å². The van der Waals surface area contributed by atoms with Crippen molar-refractivity contribution in [1.82, 2.24) is 0 Å². The highest BCUT2D eigenvalue weighted by Crippen LogP contribution is 2.35. The summed E-state index contributed by atoms with van der Waals surface area (Å²) >= 11 is 0. The van der Waals surface area contributed by atoms with E-state index in [0.29, 0.717) is 0 Å². The molecular formula is C30H34O2. The Morgan fingerprint density at radius 2 is 1.03 bits per heavy atom. The summed E-state index contributed by atoms with van der Waals surface area (Å²) in [6.07, 6.45) is 4.51. The van der Waals surface area contributed by atoms with Gasteiger partial charge in [-0.1, -0.05) is 99.5 Å². The summed E-state index contributed by atoms with van der Waals surface area (Å²) in [4.78, 5) is 0. The van der Waals surface area contributed by atoms with Crippen LogP contribution in [0.15, 0.2) is 84.9 Å². The molecule has 0 bridgehead atoms. The van der Waals surface area contributed by atoms with E-state index in [1.54, 1.807) is 0 Å². The number of ether oxygens (including phenoxy) is 2. The van der Waals surface area contributed by atoms with Crippen molar-refractivity contribution >= 4 is 21.5 Å². The van der Waals surface area contributed by atoms with Crippen LogP contribution in [-0.4, -0.2) is 13.2 Å². The summed E-state index contributed by atoms with van der Waals surface area (Å²) in [5.74, 6) is 0. The lowest BCUT2D eigenvalue weighted by atomic mass is 9.98. The van der Waals surface area contributed by atoms with Crippen molar-refractivity contribution < 1.29 is 9.47 Å². The highest BCUT2D eigenvalue weighted by atomic mass is 16.6. The van der Waals surface area contributed by atoms with Crippen molar-refractivity contribution in [2.24, 2.45) is 0 Å². The highest BCUT2D eigenvalue weighted by molar-refractivity contribution is 5.83. The fraction of sp³-hybridized carbons (Fsp3) is 0.333. The molecule has 32 heavy (non-hydrogen) atoms. The van der Waals surface area contributed by atoms with Crippen molar-refractivity contribution in [3.8, 4) is 0 Å². The second kappa shape index (κ2) is 11.3. The van der Waals surface area contributed by atoms with E-state index in [1.807, 2.05) is 0 Å². The van der Waals surface area contributed by atoms with E-state index < -0.39 is 0 Å². The molecule has 2 unspecified atom stereocenters. The van der Waals surface area contributed by atoms with Gasteiger partial charge in [0.2, 0.25) is 0 Å². The smallest absolute Gasteiger partial charge is 0.0833 e. The average Bonchev–Trinajstić information content (AvgIpc) is 3.72. The molecule has 0 N–H and O–H groups in total. The molecule has 1 aliphatic rings. The first-order valence-corrected chi connectivity index (χ1v) is 12.0. The lowest BCUT2D eigenvalue weighted by Crippen LogP contribution is -2.11. The highest BCUT2D eigenvalue weighted by Gasteiger charge is 2.20. The van der Waals surface area contributed by atoms with Crippen LogP contribution in [0.4, 0.5) is 0 Å². The zero-order chi connectivity index (χ0) is 22.2. The standard InChI is InChI=1S/C28H30O.C2H4O/c1-3-9-27(25-17-15-21-11-5-7-13-23(21)19-25)29-28(10-4-2)26-18-16-22-12-6-8-14-24(22)20-26;1-2-3-1/h5-8,11-20,27-28H,3-4,9-10H2,1-2H3;1-2H2. The Labute approximate surface area is 192 Å². The van der Waals surface area contributed by atoms with Crippen LogP contribution in [0.3, 0.4) is 0 Å². The summed E-state index contributed by atoms with van der Waals surface area (Å²) in [7, 11) is 0. The Morgan fingerprint density at radius 1 is 0.625 bits per heavy atom. The summed E-state index contributed by atoms with van der Waals surface area (Å²) in [6.45, 7) is 6.48. The normalized spacial score (nSPS) is 14.6. The van der Waals surface area contributed by atoms with Gasteiger partial charge in [-0.05, 0) is 57.6 Å². The third-order valence-corrected chi connectivity index (χ3v) is 5.92. The largest absolute Gasteiger partial charge is 0.377 e. The Hall–Kier alpha value is -2.68. The number of hydrogen-bond donors (Lipinski definition) is 0. The van der Waals surface area contributed by atoms with Gasteiger partial charge in [0.05, 0.1) is 25.4 Å². The maximum atomic E-state index is 6.80. The van der Waals surface area contributed by atoms with E-state index >= 15 is 0 Å². The van der Waals surface area contributed by atoms with Crippen molar-refractivity contribution in [2.45, 2.75) is 51.7 Å². The lowest BCUT2D eigenvalue weighted by molar-refractivity contribution is -0.0245. The third kappa shape index (κ3) is 5.97. The van der Waals surface area contributed by atoms with Gasteiger partial charge in [-0.25, -0.2) is 0 Å². The van der Waals surface area contributed by atoms with Gasteiger partial charge in [0.15, 0.2) is 0 Å². The van der Waals surface area contributed by atoms with Crippen LogP contribution in [0.25, 0.3) is 21.5 Å². The van der Waals surface area contributed by atoms with Crippen LogP contribution < -0.4 is 0 Å². The molecule has 1 heterocycles. The molecule has 1 saturated heterocycles. The maximum absolute atomic E-state index is 6.80. The number of epoxide rings is 1. The Kier molecular flexibility index (Phi) is 7.92. The van der Waals surface area contributed by atoms with Gasteiger partial charge >= 0.3 is 0 Å². The number of rotatable bonds is 8. The van der Waals surface area contributed by atoms with E-state index in [0.717, 1.165) is 38.9 Å². The van der Waals surface area contributed by atoms with Crippen LogP contribution in [0.2, 0.25) is 0 Å². The quantitative estimate of drug-likeness (QED) is 0.264. The van der Waals surface area contributed by atoms with Gasteiger partial charge in [-0.3, -0.25) is 0 Å². The minimum atomic E-state index is 0.118. The van der Waals surface area contributed by atoms with Crippen LogP contribution in [-0.2, 0) is 9.47 Å². The Balaban J connectivity index is 0.000000754. The molecule has 2 nitrogen and oxygen atoms in total. The van der Waals surface area contributed by atoms with Crippen molar-refractivity contribution in [2.75, 3.05) is 13.2 Å². The molecule has 1 aliphatic heterocycles. The van der Waals surface area contributed by atoms with E-state index in [9.17, 15) is 0 Å². The van der Waals surface area contributed by atoms with Crippen LogP contribution in [0, 0.1) is 0 Å². The molecule has 0 aliphatic carbocycles. The Morgan fingerprint density at radius 3 is 1.41 bits per heavy atom. The molecule has 0 aromatic heterocycles. The molecule has 4 aromatic rings. The van der Waals surface area contributed by atoms with Gasteiger partial charge in [0, 0.05) is 0 Å². The maximum Gasteiger partial charge on any atom is 0.0833 e. The first-order chi connectivity index (χ1) is 15.8. The van der Waals surface area contributed by atoms with Crippen molar-refractivity contribution in [3.63, 3.8) is 0 Å². The first-order valence-electron chi connectivity index (χ1n) is 12.0. The molecule has 5 rings (SSSR count). The van der Waals surface area contributed by atoms with Crippen molar-refractivity contribution in [3.05, 3.63) is 96.1 Å². The van der Waals surface area contributed by atoms with Gasteiger partial charge in [0.25, 0.3) is 0 Å². The van der Waals surface area contributed by atoms with E-state index in [-0.39, 0.29) is 12.2 Å². The number of benzene rings is 4. The zero-order valence-electron chi connectivity index (χ0n) is 19.3. The molecule has 1 fully saturated rings. The molecule has 2 atom stereocenters. The van der Waals surface area contributed by atoms with Gasteiger partial charge in [-0.15, -0.1) is 0 Å². The average molecular weight is 427 g/mol. The number of hydrogen-bond acceptors (Lipinski definition) is 2. The molecule has 0 radical (unpaired) electrons. The molecule has 166 valence electrons. The number of fused-ring (bicyclic) bond motifs is 2. The van der Waals surface area contributed by atoms with E-state index in [1.165, 1.54) is 32.7 Å². The molecule has 4 aromatic carbocycles. The molecular weight excluding hydrogens is 392 g/mol. The molecule has 0 spiro atoms. The van der Waals surface area contributed by atoms with Gasteiger partial charge < -0.3 is 9.47 Å². The van der Waals surface area contributed by atoms with Crippen LogP contribution in [0.1, 0.15) is 62.9 Å². The summed E-state index contributed by atoms with van der Waals surface area (Å²) in [6, 6.07) is 30.7. The first kappa shape index (κ1) is 22.5. The topological polar surface area (TPSA) is 21.8 Å². The van der Waals surface area contributed by atoms with E-state index in [2.05, 4.69) is 104 Å². The zero-order valence-corrected chi connectivity index (χ0v) is 19.3. The fourth-order valence-electron chi connectivity index (χ4n) is 4.17. The Bertz CT molecular complexity index is 1040. The van der Waals surface area contributed by atoms with Crippen LogP contribution >= 0.6 is 0 Å². The van der Waals surface area contributed by atoms with Gasteiger partial charge in [-0.2, -0.15) is 0 Å². The third-order valence-electron chi connectivity index (χ3n) is 5.92. The second-order valence-corrected chi connectivity index (χ2v) is 8.52. The lowest BCUT2D eigenvalue weighted by Gasteiger charge is -2.26. The summed E-state index contributed by atoms with van der Waals surface area (Å²) in [5, 5.41) is 5.14. The summed E-state index contributed by atoms with van der Waals surface area (Å²) in [5.41, 5.74) is 2.57. The predicted molar refractivity (Wildman–Crippen MR) is 135 cm³/mol. The van der Waals surface area contributed by atoms with Crippen LogP contribution in [0.5, 0.6) is 0 Å². The monoisotopic (exact) mass is 426 g/mol.